The molecule has 1 fully saturated rings. The maximum absolute atomic E-state index is 11.9. The monoisotopic (exact) mass is 383 g/mol. The van der Waals surface area contributed by atoms with Gasteiger partial charge < -0.3 is 10.2 Å². The number of benzene rings is 2. The van der Waals surface area contributed by atoms with Crippen molar-refractivity contribution in [3.05, 3.63) is 71.3 Å². The molecule has 1 amide bonds. The van der Waals surface area contributed by atoms with Crippen molar-refractivity contribution < 1.29 is 4.79 Å². The summed E-state index contributed by atoms with van der Waals surface area (Å²) < 4.78 is 0. The fourth-order valence-corrected chi connectivity index (χ4v) is 3.31. The van der Waals surface area contributed by atoms with Crippen LogP contribution in [0.15, 0.2) is 60.7 Å². The molecule has 1 heterocycles. The quantitative estimate of drug-likeness (QED) is 0.585. The molecule has 1 aliphatic heterocycles. The lowest BCUT2D eigenvalue weighted by atomic mass is 10.2. The fraction of sp³-hybridized carbons (Fsp3) is 0.318. The Bertz CT molecular complexity index is 738. The summed E-state index contributed by atoms with van der Waals surface area (Å²) in [6.07, 6.45) is 4.34. The second-order valence-electron chi connectivity index (χ2n) is 6.69. The van der Waals surface area contributed by atoms with Gasteiger partial charge in [0.1, 0.15) is 0 Å². The van der Waals surface area contributed by atoms with Gasteiger partial charge in [-0.3, -0.25) is 9.69 Å². The molecule has 0 radical (unpaired) electrons. The van der Waals surface area contributed by atoms with Gasteiger partial charge >= 0.3 is 0 Å². The van der Waals surface area contributed by atoms with Crippen LogP contribution < -0.4 is 10.2 Å². The molecule has 0 unspecified atom stereocenters. The van der Waals surface area contributed by atoms with Crippen molar-refractivity contribution in [2.24, 2.45) is 0 Å². The Morgan fingerprint density at radius 2 is 1.70 bits per heavy atom. The number of para-hydroxylation sites is 1. The van der Waals surface area contributed by atoms with Gasteiger partial charge in [0.2, 0.25) is 5.91 Å². The van der Waals surface area contributed by atoms with Crippen molar-refractivity contribution in [1.82, 2.24) is 10.2 Å². The van der Waals surface area contributed by atoms with Crippen LogP contribution in [0.4, 0.5) is 5.69 Å². The first-order chi connectivity index (χ1) is 13.2. The van der Waals surface area contributed by atoms with Crippen LogP contribution in [-0.4, -0.2) is 50.1 Å². The maximum atomic E-state index is 11.9. The summed E-state index contributed by atoms with van der Waals surface area (Å²) >= 11 is 5.85. The Morgan fingerprint density at radius 3 is 2.41 bits per heavy atom. The van der Waals surface area contributed by atoms with Gasteiger partial charge in [-0.25, -0.2) is 0 Å². The number of anilines is 1. The van der Waals surface area contributed by atoms with Gasteiger partial charge in [0.05, 0.1) is 0 Å². The van der Waals surface area contributed by atoms with E-state index in [1.165, 1.54) is 5.69 Å². The molecule has 1 saturated heterocycles. The molecule has 3 rings (SSSR count). The molecule has 1 aliphatic rings. The lowest BCUT2D eigenvalue weighted by Crippen LogP contribution is -2.47. The molecule has 0 bridgehead atoms. The van der Waals surface area contributed by atoms with Crippen LogP contribution in [0, 0.1) is 0 Å². The number of rotatable bonds is 7. The number of halogens is 1. The Morgan fingerprint density at radius 1 is 1.00 bits per heavy atom. The van der Waals surface area contributed by atoms with E-state index in [2.05, 4.69) is 45.4 Å². The molecule has 0 aliphatic carbocycles. The van der Waals surface area contributed by atoms with Gasteiger partial charge in [-0.1, -0.05) is 41.9 Å². The smallest absolute Gasteiger partial charge is 0.243 e. The molecular weight excluding hydrogens is 358 g/mol. The van der Waals surface area contributed by atoms with Gasteiger partial charge in [-0.2, -0.15) is 0 Å². The molecule has 0 spiro atoms. The number of carbonyl (C=O) groups is 1. The second kappa shape index (κ2) is 10.1. The number of hydrogen-bond donors (Lipinski definition) is 1. The number of piperazine rings is 1. The minimum atomic E-state index is -0.0566. The van der Waals surface area contributed by atoms with E-state index in [-0.39, 0.29) is 5.91 Å². The lowest BCUT2D eigenvalue weighted by Gasteiger charge is -2.36. The highest BCUT2D eigenvalue weighted by atomic mass is 35.5. The van der Waals surface area contributed by atoms with Crippen molar-refractivity contribution in [3.8, 4) is 0 Å². The zero-order valence-electron chi connectivity index (χ0n) is 15.5. The maximum Gasteiger partial charge on any atom is 0.243 e. The van der Waals surface area contributed by atoms with Gasteiger partial charge in [-0.15, -0.1) is 0 Å². The first-order valence-corrected chi connectivity index (χ1v) is 9.82. The van der Waals surface area contributed by atoms with Crippen LogP contribution in [0.1, 0.15) is 12.0 Å². The number of nitrogens with zero attached hydrogens (tertiary/aromatic N) is 2. The number of nitrogens with one attached hydrogen (secondary N) is 1. The Kier molecular flexibility index (Phi) is 7.31. The topological polar surface area (TPSA) is 35.6 Å². The molecule has 2 aromatic rings. The number of carbonyl (C=O) groups excluding carboxylic acids is 1. The summed E-state index contributed by atoms with van der Waals surface area (Å²) in [6, 6.07) is 18.0. The highest BCUT2D eigenvalue weighted by Gasteiger charge is 2.16. The summed E-state index contributed by atoms with van der Waals surface area (Å²) in [5.74, 6) is -0.0566. The van der Waals surface area contributed by atoms with Crippen LogP contribution in [0.5, 0.6) is 0 Å². The Balaban J connectivity index is 1.30. The van der Waals surface area contributed by atoms with Crippen LogP contribution in [0.25, 0.3) is 6.08 Å². The molecule has 5 heteroatoms. The normalized spacial score (nSPS) is 15.2. The molecular formula is C22H26ClN3O. The van der Waals surface area contributed by atoms with Crippen molar-refractivity contribution in [2.45, 2.75) is 6.42 Å². The van der Waals surface area contributed by atoms with E-state index in [0.29, 0.717) is 11.6 Å². The highest BCUT2D eigenvalue weighted by Crippen LogP contribution is 2.15. The van der Waals surface area contributed by atoms with Crippen molar-refractivity contribution in [1.29, 1.82) is 0 Å². The first kappa shape index (κ1) is 19.5. The average Bonchev–Trinajstić information content (AvgIpc) is 2.72. The second-order valence-corrected chi connectivity index (χ2v) is 7.13. The molecule has 4 nitrogen and oxygen atoms in total. The van der Waals surface area contributed by atoms with E-state index in [1.807, 2.05) is 24.3 Å². The molecule has 142 valence electrons. The summed E-state index contributed by atoms with van der Waals surface area (Å²) in [4.78, 5) is 16.8. The largest absolute Gasteiger partial charge is 0.369 e. The predicted molar refractivity (Wildman–Crippen MR) is 113 cm³/mol. The summed E-state index contributed by atoms with van der Waals surface area (Å²) in [5, 5.41) is 3.65. The van der Waals surface area contributed by atoms with E-state index in [1.54, 1.807) is 12.2 Å². The van der Waals surface area contributed by atoms with E-state index in [0.717, 1.165) is 44.7 Å². The van der Waals surface area contributed by atoms with E-state index < -0.39 is 0 Å². The summed E-state index contributed by atoms with van der Waals surface area (Å²) in [7, 11) is 0. The molecule has 27 heavy (non-hydrogen) atoms. The third-order valence-electron chi connectivity index (χ3n) is 4.74. The van der Waals surface area contributed by atoms with Gasteiger partial charge in [0.15, 0.2) is 0 Å². The number of hydrogen-bond acceptors (Lipinski definition) is 3. The van der Waals surface area contributed by atoms with Crippen molar-refractivity contribution >= 4 is 29.3 Å². The zero-order valence-corrected chi connectivity index (χ0v) is 16.2. The third-order valence-corrected chi connectivity index (χ3v) is 4.99. The highest BCUT2D eigenvalue weighted by molar-refractivity contribution is 6.30. The predicted octanol–water partition coefficient (Wildman–Crippen LogP) is 3.68. The summed E-state index contributed by atoms with van der Waals surface area (Å²) in [5.41, 5.74) is 2.27. The Hall–Kier alpha value is -2.30. The molecule has 0 atom stereocenters. The SMILES string of the molecule is O=C(/C=C/c1ccc(Cl)cc1)NCCCN1CCN(c2ccccc2)CC1. The lowest BCUT2D eigenvalue weighted by molar-refractivity contribution is -0.116. The van der Waals surface area contributed by atoms with Crippen LogP contribution in [0.3, 0.4) is 0 Å². The molecule has 1 N–H and O–H groups in total. The number of amides is 1. The van der Waals surface area contributed by atoms with Crippen LogP contribution in [-0.2, 0) is 4.79 Å². The first-order valence-electron chi connectivity index (χ1n) is 9.44. The van der Waals surface area contributed by atoms with E-state index in [9.17, 15) is 4.79 Å². The van der Waals surface area contributed by atoms with Crippen molar-refractivity contribution in [2.75, 3.05) is 44.2 Å². The third kappa shape index (κ3) is 6.42. The van der Waals surface area contributed by atoms with Crippen LogP contribution in [0.2, 0.25) is 5.02 Å². The summed E-state index contributed by atoms with van der Waals surface area (Å²) in [6.45, 7) is 5.96. The Labute approximate surface area is 166 Å². The molecule has 2 aromatic carbocycles. The van der Waals surface area contributed by atoms with E-state index >= 15 is 0 Å². The van der Waals surface area contributed by atoms with Gasteiger partial charge in [0, 0.05) is 49.5 Å². The minimum absolute atomic E-state index is 0.0566. The molecule has 0 aromatic heterocycles. The van der Waals surface area contributed by atoms with Gasteiger partial charge in [0.25, 0.3) is 0 Å². The molecule has 0 saturated carbocycles. The average molecular weight is 384 g/mol. The fourth-order valence-electron chi connectivity index (χ4n) is 3.19. The standard InChI is InChI=1S/C22H26ClN3O/c23-20-10-7-19(8-11-20)9-12-22(27)24-13-4-14-25-15-17-26(18-16-25)21-5-2-1-3-6-21/h1-3,5-12H,4,13-18H2,(H,24,27)/b12-9+. The van der Waals surface area contributed by atoms with E-state index in [4.69, 9.17) is 11.6 Å². The van der Waals surface area contributed by atoms with Crippen molar-refractivity contribution in [3.63, 3.8) is 0 Å². The van der Waals surface area contributed by atoms with Gasteiger partial charge in [-0.05, 0) is 48.9 Å². The zero-order chi connectivity index (χ0) is 18.9. The minimum Gasteiger partial charge on any atom is -0.369 e. The van der Waals surface area contributed by atoms with Crippen LogP contribution >= 0.6 is 11.6 Å².